The van der Waals surface area contributed by atoms with Gasteiger partial charge in [0.05, 0.1) is 0 Å². The zero-order valence-electron chi connectivity index (χ0n) is 14.9. The first-order valence-corrected chi connectivity index (χ1v) is 8.77. The predicted octanol–water partition coefficient (Wildman–Crippen LogP) is 5.44. The van der Waals surface area contributed by atoms with Gasteiger partial charge in [-0.1, -0.05) is 67.6 Å². The lowest BCUT2D eigenvalue weighted by Crippen LogP contribution is -2.03. The highest BCUT2D eigenvalue weighted by molar-refractivity contribution is 5.96. The zero-order valence-corrected chi connectivity index (χ0v) is 14.9. The number of Topliss-reactive ketones (excluding diaryl/α,β-unsaturated/α-hetero) is 1. The van der Waals surface area contributed by atoms with Crippen molar-refractivity contribution in [3.8, 4) is 11.5 Å². The maximum atomic E-state index is 12.0. The van der Waals surface area contributed by atoms with Crippen LogP contribution in [0, 0.1) is 0 Å². The molecule has 0 radical (unpaired) electrons. The fourth-order valence-electron chi connectivity index (χ4n) is 2.59. The minimum atomic E-state index is 0.0872. The average Bonchev–Trinajstić information content (AvgIpc) is 2.72. The molecule has 0 heterocycles. The summed E-state index contributed by atoms with van der Waals surface area (Å²) in [6.45, 7) is 2.72. The summed E-state index contributed by atoms with van der Waals surface area (Å²) in [5.41, 5.74) is 2.78. The Balaban J connectivity index is 1.78. The van der Waals surface area contributed by atoms with Crippen molar-refractivity contribution in [3.63, 3.8) is 0 Å². The summed E-state index contributed by atoms with van der Waals surface area (Å²) < 4.78 is 11.9. The third kappa shape index (κ3) is 4.73. The summed E-state index contributed by atoms with van der Waals surface area (Å²) in [5, 5.41) is 0. The number of rotatable bonds is 8. The molecule has 26 heavy (non-hydrogen) atoms. The molecule has 0 bridgehead atoms. The highest BCUT2D eigenvalue weighted by atomic mass is 16.5. The van der Waals surface area contributed by atoms with E-state index >= 15 is 0 Å². The lowest BCUT2D eigenvalue weighted by Gasteiger charge is -2.14. The van der Waals surface area contributed by atoms with Crippen LogP contribution >= 0.6 is 0 Å². The Morgan fingerprint density at radius 1 is 0.731 bits per heavy atom. The molecule has 0 fully saturated rings. The molecular formula is C23H22O3. The van der Waals surface area contributed by atoms with E-state index in [1.807, 2.05) is 73.7 Å². The zero-order chi connectivity index (χ0) is 18.2. The highest BCUT2D eigenvalue weighted by Crippen LogP contribution is 2.30. The van der Waals surface area contributed by atoms with Crippen LogP contribution in [0.25, 0.3) is 0 Å². The maximum Gasteiger partial charge on any atom is 0.162 e. The summed E-state index contributed by atoms with van der Waals surface area (Å²) in [5.74, 6) is 1.31. The van der Waals surface area contributed by atoms with Crippen molar-refractivity contribution in [2.24, 2.45) is 0 Å². The second-order valence-corrected chi connectivity index (χ2v) is 5.99. The van der Waals surface area contributed by atoms with Gasteiger partial charge in [0, 0.05) is 12.0 Å². The van der Waals surface area contributed by atoms with Crippen LogP contribution in [-0.2, 0) is 13.2 Å². The number of ketones is 1. The first kappa shape index (κ1) is 17.7. The molecule has 0 aliphatic rings. The van der Waals surface area contributed by atoms with Gasteiger partial charge >= 0.3 is 0 Å². The monoisotopic (exact) mass is 346 g/mol. The summed E-state index contributed by atoms with van der Waals surface area (Å²) >= 11 is 0. The number of hydrogen-bond acceptors (Lipinski definition) is 3. The van der Waals surface area contributed by atoms with Crippen LogP contribution < -0.4 is 9.47 Å². The van der Waals surface area contributed by atoms with Gasteiger partial charge in [-0.3, -0.25) is 4.79 Å². The number of benzene rings is 3. The van der Waals surface area contributed by atoms with Crippen LogP contribution in [0.1, 0.15) is 34.8 Å². The molecule has 0 spiro atoms. The van der Waals surface area contributed by atoms with E-state index in [0.29, 0.717) is 36.7 Å². The summed E-state index contributed by atoms with van der Waals surface area (Å²) in [4.78, 5) is 12.0. The number of carbonyl (C=O) groups is 1. The molecule has 0 saturated carbocycles. The van der Waals surface area contributed by atoms with Crippen LogP contribution in [0.2, 0.25) is 0 Å². The predicted molar refractivity (Wildman–Crippen MR) is 103 cm³/mol. The average molecular weight is 346 g/mol. The van der Waals surface area contributed by atoms with Gasteiger partial charge in [-0.05, 0) is 29.3 Å². The van der Waals surface area contributed by atoms with Crippen LogP contribution in [0.15, 0.2) is 78.9 Å². The minimum Gasteiger partial charge on any atom is -0.485 e. The molecule has 0 aliphatic carbocycles. The molecule has 3 heteroatoms. The molecule has 0 aliphatic heterocycles. The van der Waals surface area contributed by atoms with Crippen molar-refractivity contribution < 1.29 is 14.3 Å². The minimum absolute atomic E-state index is 0.0872. The van der Waals surface area contributed by atoms with Crippen molar-refractivity contribution in [2.45, 2.75) is 26.6 Å². The fraction of sp³-hybridized carbons (Fsp3) is 0.174. The van der Waals surface area contributed by atoms with Crippen LogP contribution in [0.4, 0.5) is 0 Å². The van der Waals surface area contributed by atoms with Crippen molar-refractivity contribution in [1.82, 2.24) is 0 Å². The van der Waals surface area contributed by atoms with E-state index in [1.165, 1.54) is 0 Å². The van der Waals surface area contributed by atoms with Gasteiger partial charge in [0.15, 0.2) is 17.3 Å². The molecule has 3 rings (SSSR count). The molecular weight excluding hydrogens is 324 g/mol. The van der Waals surface area contributed by atoms with Crippen molar-refractivity contribution >= 4 is 5.78 Å². The van der Waals surface area contributed by atoms with Gasteiger partial charge in [0.2, 0.25) is 0 Å². The second kappa shape index (κ2) is 8.86. The lowest BCUT2D eigenvalue weighted by atomic mass is 10.1. The number of carbonyl (C=O) groups excluding carboxylic acids is 1. The number of ether oxygens (including phenoxy) is 2. The Morgan fingerprint density at radius 3 is 1.81 bits per heavy atom. The SMILES string of the molecule is CCC(=O)c1ccc(OCc2ccccc2)c(OCc2ccccc2)c1. The van der Waals surface area contributed by atoms with Gasteiger partial charge in [-0.2, -0.15) is 0 Å². The summed E-state index contributed by atoms with van der Waals surface area (Å²) in [6, 6.07) is 25.3. The van der Waals surface area contributed by atoms with Crippen LogP contribution in [0.3, 0.4) is 0 Å². The van der Waals surface area contributed by atoms with Gasteiger partial charge in [0.1, 0.15) is 13.2 Å². The van der Waals surface area contributed by atoms with Gasteiger partial charge < -0.3 is 9.47 Å². The van der Waals surface area contributed by atoms with E-state index in [0.717, 1.165) is 11.1 Å². The molecule has 0 N–H and O–H groups in total. The van der Waals surface area contributed by atoms with E-state index < -0.39 is 0 Å². The Kier molecular flexibility index (Phi) is 6.05. The first-order chi connectivity index (χ1) is 12.8. The van der Waals surface area contributed by atoms with Crippen LogP contribution in [0.5, 0.6) is 11.5 Å². The summed E-state index contributed by atoms with van der Waals surface area (Å²) in [6.07, 6.45) is 0.461. The molecule has 0 unspecified atom stereocenters. The first-order valence-electron chi connectivity index (χ1n) is 8.77. The van der Waals surface area contributed by atoms with Crippen molar-refractivity contribution in [1.29, 1.82) is 0 Å². The molecule has 3 aromatic rings. The normalized spacial score (nSPS) is 10.3. The van der Waals surface area contributed by atoms with E-state index in [4.69, 9.17) is 9.47 Å². The Morgan fingerprint density at radius 2 is 1.27 bits per heavy atom. The Bertz CT molecular complexity index is 842. The maximum absolute atomic E-state index is 12.0. The van der Waals surface area contributed by atoms with Crippen molar-refractivity contribution in [3.05, 3.63) is 95.6 Å². The largest absolute Gasteiger partial charge is 0.485 e. The molecule has 0 aromatic heterocycles. The molecule has 0 saturated heterocycles. The third-order valence-corrected chi connectivity index (χ3v) is 4.06. The Labute approximate surface area is 154 Å². The molecule has 0 amide bonds. The standard InChI is InChI=1S/C23H22O3/c1-2-21(24)20-13-14-22(25-16-18-9-5-3-6-10-18)23(15-20)26-17-19-11-7-4-8-12-19/h3-15H,2,16-17H2,1H3. The molecule has 132 valence electrons. The molecule has 3 nitrogen and oxygen atoms in total. The van der Waals surface area contributed by atoms with Gasteiger partial charge in [-0.15, -0.1) is 0 Å². The topological polar surface area (TPSA) is 35.5 Å². The Hall–Kier alpha value is -3.07. The van der Waals surface area contributed by atoms with E-state index in [1.54, 1.807) is 12.1 Å². The van der Waals surface area contributed by atoms with Crippen LogP contribution in [-0.4, -0.2) is 5.78 Å². The van der Waals surface area contributed by atoms with E-state index in [2.05, 4.69) is 0 Å². The van der Waals surface area contributed by atoms with Crippen molar-refractivity contribution in [2.75, 3.05) is 0 Å². The molecule has 3 aromatic carbocycles. The van der Waals surface area contributed by atoms with Gasteiger partial charge in [-0.25, -0.2) is 0 Å². The highest BCUT2D eigenvalue weighted by Gasteiger charge is 2.11. The quantitative estimate of drug-likeness (QED) is 0.510. The lowest BCUT2D eigenvalue weighted by molar-refractivity contribution is 0.0987. The number of hydrogen-bond donors (Lipinski definition) is 0. The van der Waals surface area contributed by atoms with E-state index in [-0.39, 0.29) is 5.78 Å². The second-order valence-electron chi connectivity index (χ2n) is 5.99. The summed E-state index contributed by atoms with van der Waals surface area (Å²) in [7, 11) is 0. The van der Waals surface area contributed by atoms with Gasteiger partial charge in [0.25, 0.3) is 0 Å². The van der Waals surface area contributed by atoms with E-state index in [9.17, 15) is 4.79 Å². The third-order valence-electron chi connectivity index (χ3n) is 4.06. The smallest absolute Gasteiger partial charge is 0.162 e. The molecule has 0 atom stereocenters. The fourth-order valence-corrected chi connectivity index (χ4v) is 2.59.